The third-order valence-corrected chi connectivity index (χ3v) is 4.63. The van der Waals surface area contributed by atoms with Gasteiger partial charge < -0.3 is 14.8 Å². The van der Waals surface area contributed by atoms with Gasteiger partial charge in [-0.25, -0.2) is 4.39 Å². The van der Waals surface area contributed by atoms with Crippen LogP contribution in [0, 0.1) is 5.82 Å². The SMILES string of the molecule is CN(C)CCNCc1cn(Cc2ccc(F)cc2Cl)c2ccccc12. The Bertz CT molecular complexity index is 857. The molecule has 0 amide bonds. The summed E-state index contributed by atoms with van der Waals surface area (Å²) in [5.41, 5.74) is 3.33. The molecule has 1 aromatic heterocycles. The number of benzene rings is 2. The molecule has 5 heteroatoms. The zero-order chi connectivity index (χ0) is 17.8. The molecule has 0 spiro atoms. The molecule has 25 heavy (non-hydrogen) atoms. The zero-order valence-corrected chi connectivity index (χ0v) is 15.4. The highest BCUT2D eigenvalue weighted by Gasteiger charge is 2.10. The smallest absolute Gasteiger partial charge is 0.124 e. The maximum absolute atomic E-state index is 13.3. The van der Waals surface area contributed by atoms with Crippen LogP contribution in [0.5, 0.6) is 0 Å². The summed E-state index contributed by atoms with van der Waals surface area (Å²) in [4.78, 5) is 2.16. The van der Waals surface area contributed by atoms with Crippen molar-refractivity contribution in [3.05, 3.63) is 70.6 Å². The van der Waals surface area contributed by atoms with Gasteiger partial charge in [0.25, 0.3) is 0 Å². The Balaban J connectivity index is 1.83. The second-order valence-electron chi connectivity index (χ2n) is 6.52. The number of nitrogens with one attached hydrogen (secondary N) is 1. The van der Waals surface area contributed by atoms with Gasteiger partial charge in [0.05, 0.1) is 0 Å². The van der Waals surface area contributed by atoms with Crippen molar-refractivity contribution in [1.29, 1.82) is 0 Å². The summed E-state index contributed by atoms with van der Waals surface area (Å²) in [6.07, 6.45) is 2.16. The topological polar surface area (TPSA) is 20.2 Å². The first kappa shape index (κ1) is 17.9. The van der Waals surface area contributed by atoms with E-state index in [1.807, 2.05) is 6.07 Å². The second-order valence-corrected chi connectivity index (χ2v) is 6.92. The summed E-state index contributed by atoms with van der Waals surface area (Å²) >= 11 is 6.20. The molecular formula is C20H23ClFN3. The van der Waals surface area contributed by atoms with E-state index >= 15 is 0 Å². The standard InChI is InChI=1S/C20H23ClFN3/c1-24(2)10-9-23-12-16-14-25(20-6-4-3-5-18(16)20)13-15-7-8-17(22)11-19(15)21/h3-8,11,14,23H,9-10,12-13H2,1-2H3. The zero-order valence-electron chi connectivity index (χ0n) is 14.6. The van der Waals surface area contributed by atoms with Crippen molar-refractivity contribution in [2.75, 3.05) is 27.2 Å². The normalized spacial score (nSPS) is 11.6. The molecular weight excluding hydrogens is 337 g/mol. The van der Waals surface area contributed by atoms with Crippen LogP contribution in [-0.2, 0) is 13.1 Å². The van der Waals surface area contributed by atoms with E-state index in [-0.39, 0.29) is 5.82 Å². The number of fused-ring (bicyclic) bond motifs is 1. The fourth-order valence-electron chi connectivity index (χ4n) is 2.95. The maximum Gasteiger partial charge on any atom is 0.124 e. The summed E-state index contributed by atoms with van der Waals surface area (Å²) in [7, 11) is 4.14. The molecule has 0 radical (unpaired) electrons. The van der Waals surface area contributed by atoms with Gasteiger partial charge >= 0.3 is 0 Å². The van der Waals surface area contributed by atoms with E-state index in [0.29, 0.717) is 11.6 Å². The predicted octanol–water partition coefficient (Wildman–Crippen LogP) is 4.13. The van der Waals surface area contributed by atoms with Crippen molar-refractivity contribution in [1.82, 2.24) is 14.8 Å². The molecule has 3 aromatic rings. The molecule has 0 bridgehead atoms. The molecule has 1 N–H and O–H groups in total. The van der Waals surface area contributed by atoms with Gasteiger partial charge in [0.15, 0.2) is 0 Å². The predicted molar refractivity (Wildman–Crippen MR) is 103 cm³/mol. The molecule has 3 nitrogen and oxygen atoms in total. The monoisotopic (exact) mass is 359 g/mol. The van der Waals surface area contributed by atoms with Gasteiger partial charge in [-0.1, -0.05) is 35.9 Å². The molecule has 0 aliphatic rings. The summed E-state index contributed by atoms with van der Waals surface area (Å²) < 4.78 is 15.4. The van der Waals surface area contributed by atoms with Crippen LogP contribution < -0.4 is 5.32 Å². The lowest BCUT2D eigenvalue weighted by Gasteiger charge is -2.09. The van der Waals surface area contributed by atoms with Crippen molar-refractivity contribution in [2.45, 2.75) is 13.1 Å². The Morgan fingerprint density at radius 3 is 2.68 bits per heavy atom. The third kappa shape index (κ3) is 4.40. The van der Waals surface area contributed by atoms with Crippen LogP contribution in [0.25, 0.3) is 10.9 Å². The van der Waals surface area contributed by atoms with Crippen molar-refractivity contribution in [3.8, 4) is 0 Å². The first-order valence-corrected chi connectivity index (χ1v) is 8.78. The van der Waals surface area contributed by atoms with Gasteiger partial charge in [0, 0.05) is 48.3 Å². The molecule has 0 fully saturated rings. The highest BCUT2D eigenvalue weighted by molar-refractivity contribution is 6.31. The van der Waals surface area contributed by atoms with Gasteiger partial charge in [0.2, 0.25) is 0 Å². The molecule has 0 saturated heterocycles. The average Bonchev–Trinajstić information content (AvgIpc) is 2.92. The minimum absolute atomic E-state index is 0.308. The number of hydrogen-bond donors (Lipinski definition) is 1. The molecule has 132 valence electrons. The summed E-state index contributed by atoms with van der Waals surface area (Å²) in [5, 5.41) is 5.19. The highest BCUT2D eigenvalue weighted by Crippen LogP contribution is 2.25. The second kappa shape index (κ2) is 8.00. The van der Waals surface area contributed by atoms with Gasteiger partial charge in [-0.15, -0.1) is 0 Å². The molecule has 0 saturated carbocycles. The third-order valence-electron chi connectivity index (χ3n) is 4.28. The largest absolute Gasteiger partial charge is 0.343 e. The number of likely N-dealkylation sites (N-methyl/N-ethyl adjacent to an activating group) is 1. The number of nitrogens with zero attached hydrogens (tertiary/aromatic N) is 2. The van der Waals surface area contributed by atoms with E-state index in [1.54, 1.807) is 6.07 Å². The quantitative estimate of drug-likeness (QED) is 0.640. The van der Waals surface area contributed by atoms with Crippen LogP contribution in [0.15, 0.2) is 48.7 Å². The summed E-state index contributed by atoms with van der Waals surface area (Å²) in [5.74, 6) is -0.308. The Morgan fingerprint density at radius 2 is 1.92 bits per heavy atom. The molecule has 0 aliphatic carbocycles. The number of rotatable bonds is 7. The van der Waals surface area contributed by atoms with Gasteiger partial charge in [-0.3, -0.25) is 0 Å². The van der Waals surface area contributed by atoms with E-state index < -0.39 is 0 Å². The van der Waals surface area contributed by atoms with Crippen LogP contribution >= 0.6 is 11.6 Å². The maximum atomic E-state index is 13.3. The fraction of sp³-hybridized carbons (Fsp3) is 0.300. The van der Waals surface area contributed by atoms with Gasteiger partial charge in [-0.05, 0) is 43.4 Å². The lowest BCUT2D eigenvalue weighted by molar-refractivity contribution is 0.400. The Labute approximate surface area is 153 Å². The molecule has 0 aliphatic heterocycles. The van der Waals surface area contributed by atoms with Crippen molar-refractivity contribution in [2.24, 2.45) is 0 Å². The number of halogens is 2. The number of hydrogen-bond acceptors (Lipinski definition) is 2. The van der Waals surface area contributed by atoms with Crippen LogP contribution in [0.3, 0.4) is 0 Å². The molecule has 0 unspecified atom stereocenters. The minimum Gasteiger partial charge on any atom is -0.343 e. The van der Waals surface area contributed by atoms with E-state index in [2.05, 4.69) is 53.3 Å². The lowest BCUT2D eigenvalue weighted by atomic mass is 10.2. The molecule has 0 atom stereocenters. The van der Waals surface area contributed by atoms with E-state index in [0.717, 1.165) is 30.7 Å². The van der Waals surface area contributed by atoms with Crippen LogP contribution in [-0.4, -0.2) is 36.7 Å². The van der Waals surface area contributed by atoms with Crippen molar-refractivity contribution in [3.63, 3.8) is 0 Å². The minimum atomic E-state index is -0.308. The van der Waals surface area contributed by atoms with Crippen LogP contribution in [0.4, 0.5) is 4.39 Å². The first-order chi connectivity index (χ1) is 12.0. The lowest BCUT2D eigenvalue weighted by Crippen LogP contribution is -2.26. The van der Waals surface area contributed by atoms with E-state index in [4.69, 9.17) is 11.6 Å². The molecule has 2 aromatic carbocycles. The van der Waals surface area contributed by atoms with Gasteiger partial charge in [-0.2, -0.15) is 0 Å². The van der Waals surface area contributed by atoms with Crippen molar-refractivity contribution < 1.29 is 4.39 Å². The Kier molecular flexibility index (Phi) is 5.74. The summed E-state index contributed by atoms with van der Waals surface area (Å²) in [6, 6.07) is 12.9. The fourth-order valence-corrected chi connectivity index (χ4v) is 3.18. The van der Waals surface area contributed by atoms with Crippen LogP contribution in [0.1, 0.15) is 11.1 Å². The van der Waals surface area contributed by atoms with Crippen LogP contribution in [0.2, 0.25) is 5.02 Å². The molecule has 3 rings (SSSR count). The number of para-hydroxylation sites is 1. The Morgan fingerprint density at radius 1 is 1.12 bits per heavy atom. The summed E-state index contributed by atoms with van der Waals surface area (Å²) in [6.45, 7) is 3.38. The molecule has 1 heterocycles. The van der Waals surface area contributed by atoms with Crippen molar-refractivity contribution >= 4 is 22.5 Å². The Hall–Kier alpha value is -1.88. The number of aromatic nitrogens is 1. The van der Waals surface area contributed by atoms with Gasteiger partial charge in [0.1, 0.15) is 5.82 Å². The van der Waals surface area contributed by atoms with E-state index in [9.17, 15) is 4.39 Å². The first-order valence-electron chi connectivity index (χ1n) is 8.40. The average molecular weight is 360 g/mol. The highest BCUT2D eigenvalue weighted by atomic mass is 35.5. The van der Waals surface area contributed by atoms with E-state index in [1.165, 1.54) is 23.1 Å².